The fraction of sp³-hybridized carbons (Fsp3) is 0.118. The molecule has 0 unspecified atom stereocenters. The van der Waals surface area contributed by atoms with Gasteiger partial charge in [-0.1, -0.05) is 24.3 Å². The third-order valence-corrected chi connectivity index (χ3v) is 5.04. The molecule has 2 aromatic carbocycles. The Bertz CT molecular complexity index is 929. The van der Waals surface area contributed by atoms with Crippen LogP contribution in [0, 0.1) is 10.1 Å². The van der Waals surface area contributed by atoms with Crippen LogP contribution in [0.5, 0.6) is 0 Å². The number of amides is 2. The maximum atomic E-state index is 12.6. The summed E-state index contributed by atoms with van der Waals surface area (Å²) in [6.45, 7) is 0. The first-order valence-electron chi connectivity index (χ1n) is 7.47. The number of imide groups is 1. The molecule has 1 fully saturated rings. The van der Waals surface area contributed by atoms with Gasteiger partial charge in [-0.3, -0.25) is 19.7 Å². The van der Waals surface area contributed by atoms with Crippen LogP contribution in [-0.2, 0) is 9.59 Å². The van der Waals surface area contributed by atoms with Gasteiger partial charge < -0.3 is 9.90 Å². The minimum absolute atomic E-state index is 0.0634. The van der Waals surface area contributed by atoms with Crippen molar-refractivity contribution in [1.82, 2.24) is 0 Å². The summed E-state index contributed by atoms with van der Waals surface area (Å²) in [4.78, 5) is 47.6. The number of hydrogen-bond donors (Lipinski definition) is 0. The average molecular weight is 371 g/mol. The number of rotatable bonds is 5. The Labute approximate surface area is 151 Å². The maximum Gasteiger partial charge on any atom is 0.271 e. The molecule has 0 radical (unpaired) electrons. The van der Waals surface area contributed by atoms with Crippen LogP contribution in [0.15, 0.2) is 53.4 Å². The molecule has 0 spiro atoms. The van der Waals surface area contributed by atoms with Gasteiger partial charge >= 0.3 is 0 Å². The summed E-state index contributed by atoms with van der Waals surface area (Å²) in [6, 6.07) is 11.3. The zero-order valence-electron chi connectivity index (χ0n) is 13.2. The number of carboxylic acids is 1. The predicted molar refractivity (Wildman–Crippen MR) is 90.6 cm³/mol. The zero-order valence-corrected chi connectivity index (χ0v) is 14.0. The number of thioether (sulfide) groups is 1. The maximum absolute atomic E-state index is 12.6. The van der Waals surface area contributed by atoms with Gasteiger partial charge in [0, 0.05) is 29.0 Å². The lowest BCUT2D eigenvalue weighted by atomic mass is 10.2. The SMILES string of the molecule is O=C([O-])c1ccccc1S[C@@H]1CC(=O)N(c2cccc([N+](=O)[O-])c2)C1=O. The van der Waals surface area contributed by atoms with Crippen molar-refractivity contribution < 1.29 is 24.4 Å². The molecule has 0 aromatic heterocycles. The summed E-state index contributed by atoms with van der Waals surface area (Å²) >= 11 is 0.960. The van der Waals surface area contributed by atoms with E-state index >= 15 is 0 Å². The number of nitrogens with zero attached hydrogens (tertiary/aromatic N) is 2. The van der Waals surface area contributed by atoms with Crippen molar-refractivity contribution in [2.24, 2.45) is 0 Å². The van der Waals surface area contributed by atoms with E-state index in [9.17, 15) is 29.6 Å². The Hall–Kier alpha value is -3.20. The molecule has 1 atom stereocenters. The van der Waals surface area contributed by atoms with Crippen molar-refractivity contribution in [2.75, 3.05) is 4.90 Å². The molecule has 1 aliphatic heterocycles. The van der Waals surface area contributed by atoms with Crippen molar-refractivity contribution >= 4 is 40.9 Å². The van der Waals surface area contributed by atoms with E-state index in [1.165, 1.54) is 36.4 Å². The van der Waals surface area contributed by atoms with Gasteiger partial charge in [-0.25, -0.2) is 4.90 Å². The minimum atomic E-state index is -1.37. The van der Waals surface area contributed by atoms with E-state index in [4.69, 9.17) is 0 Å². The lowest BCUT2D eigenvalue weighted by molar-refractivity contribution is -0.384. The Kier molecular flexibility index (Phi) is 4.72. The molecule has 2 aromatic rings. The quantitative estimate of drug-likeness (QED) is 0.442. The minimum Gasteiger partial charge on any atom is -0.545 e. The fourth-order valence-corrected chi connectivity index (χ4v) is 3.78. The van der Waals surface area contributed by atoms with Gasteiger partial charge in [0.25, 0.3) is 5.69 Å². The van der Waals surface area contributed by atoms with Gasteiger partial charge in [-0.15, -0.1) is 11.8 Å². The van der Waals surface area contributed by atoms with E-state index in [1.807, 2.05) is 0 Å². The normalized spacial score (nSPS) is 16.8. The molecule has 26 heavy (non-hydrogen) atoms. The van der Waals surface area contributed by atoms with E-state index in [2.05, 4.69) is 0 Å². The highest BCUT2D eigenvalue weighted by atomic mass is 32.2. The molecule has 1 heterocycles. The molecule has 0 bridgehead atoms. The van der Waals surface area contributed by atoms with Gasteiger partial charge in [0.15, 0.2) is 0 Å². The summed E-state index contributed by atoms with van der Waals surface area (Å²) in [5.41, 5.74) is -0.182. The van der Waals surface area contributed by atoms with Crippen molar-refractivity contribution in [3.05, 3.63) is 64.2 Å². The van der Waals surface area contributed by atoms with Crippen LogP contribution in [-0.4, -0.2) is 28.0 Å². The highest BCUT2D eigenvalue weighted by Crippen LogP contribution is 2.36. The third-order valence-electron chi connectivity index (χ3n) is 3.78. The summed E-state index contributed by atoms with van der Waals surface area (Å²) in [5.74, 6) is -2.42. The number of carbonyl (C=O) groups excluding carboxylic acids is 3. The molecular formula is C17H11N2O6S-. The highest BCUT2D eigenvalue weighted by molar-refractivity contribution is 8.00. The van der Waals surface area contributed by atoms with Crippen molar-refractivity contribution in [3.63, 3.8) is 0 Å². The number of anilines is 1. The second kappa shape index (κ2) is 6.96. The smallest absolute Gasteiger partial charge is 0.271 e. The van der Waals surface area contributed by atoms with E-state index in [0.717, 1.165) is 22.7 Å². The molecule has 1 saturated heterocycles. The Balaban J connectivity index is 1.87. The molecule has 0 saturated carbocycles. The molecule has 2 amide bonds. The first kappa shape index (κ1) is 17.6. The van der Waals surface area contributed by atoms with Gasteiger partial charge in [0.05, 0.1) is 21.8 Å². The number of hydrogen-bond acceptors (Lipinski definition) is 7. The average Bonchev–Trinajstić information content (AvgIpc) is 2.89. The number of aromatic carboxylic acids is 1. The second-order valence-electron chi connectivity index (χ2n) is 5.44. The van der Waals surface area contributed by atoms with Crippen LogP contribution in [0.4, 0.5) is 11.4 Å². The van der Waals surface area contributed by atoms with Gasteiger partial charge in [-0.05, 0) is 12.1 Å². The summed E-state index contributed by atoms with van der Waals surface area (Å²) in [7, 11) is 0. The fourth-order valence-electron chi connectivity index (χ4n) is 2.60. The number of carbonyl (C=O) groups is 3. The lowest BCUT2D eigenvalue weighted by Gasteiger charge is -2.15. The number of nitro benzene ring substituents is 1. The Morgan fingerprint density at radius 1 is 1.15 bits per heavy atom. The Morgan fingerprint density at radius 3 is 2.58 bits per heavy atom. The van der Waals surface area contributed by atoms with Crippen LogP contribution in [0.25, 0.3) is 0 Å². The summed E-state index contributed by atoms with van der Waals surface area (Å²) in [6.07, 6.45) is -0.131. The van der Waals surface area contributed by atoms with Crippen LogP contribution in [0.2, 0.25) is 0 Å². The van der Waals surface area contributed by atoms with Gasteiger partial charge in [0.2, 0.25) is 11.8 Å². The molecule has 0 aliphatic carbocycles. The van der Waals surface area contributed by atoms with E-state index < -0.39 is 28.0 Å². The van der Waals surface area contributed by atoms with Crippen LogP contribution >= 0.6 is 11.8 Å². The predicted octanol–water partition coefficient (Wildman–Crippen LogP) is 1.38. The standard InChI is InChI=1S/C17H12N2O6S/c20-15-9-14(26-13-7-2-1-6-12(13)17(22)23)16(21)18(15)10-4-3-5-11(8-10)19(24)25/h1-8,14H,9H2,(H,22,23)/p-1/t14-/m1/s1. The number of non-ortho nitro benzene ring substituents is 1. The zero-order chi connectivity index (χ0) is 18.8. The number of benzene rings is 2. The van der Waals surface area contributed by atoms with Crippen LogP contribution in [0.3, 0.4) is 0 Å². The van der Waals surface area contributed by atoms with Gasteiger partial charge in [-0.2, -0.15) is 0 Å². The largest absolute Gasteiger partial charge is 0.545 e. The van der Waals surface area contributed by atoms with Crippen LogP contribution in [0.1, 0.15) is 16.8 Å². The summed E-state index contributed by atoms with van der Waals surface area (Å²) in [5, 5.41) is 21.3. The molecule has 3 rings (SSSR count). The van der Waals surface area contributed by atoms with Crippen LogP contribution < -0.4 is 10.0 Å². The first-order chi connectivity index (χ1) is 12.4. The molecule has 132 valence electrons. The number of carboxylic acid groups (broad SMARTS) is 1. The number of nitro groups is 1. The lowest BCUT2D eigenvalue weighted by Crippen LogP contribution is -2.31. The van der Waals surface area contributed by atoms with E-state index in [1.54, 1.807) is 6.07 Å². The van der Waals surface area contributed by atoms with Gasteiger partial charge in [0.1, 0.15) is 0 Å². The molecule has 8 nitrogen and oxygen atoms in total. The van der Waals surface area contributed by atoms with E-state index in [-0.39, 0.29) is 23.4 Å². The highest BCUT2D eigenvalue weighted by Gasteiger charge is 2.40. The molecule has 9 heteroatoms. The molecule has 0 N–H and O–H groups in total. The Morgan fingerprint density at radius 2 is 1.88 bits per heavy atom. The topological polar surface area (TPSA) is 121 Å². The summed E-state index contributed by atoms with van der Waals surface area (Å²) < 4.78 is 0. The monoisotopic (exact) mass is 371 g/mol. The van der Waals surface area contributed by atoms with E-state index in [0.29, 0.717) is 4.90 Å². The first-order valence-corrected chi connectivity index (χ1v) is 8.34. The third kappa shape index (κ3) is 3.29. The van der Waals surface area contributed by atoms with Crippen molar-refractivity contribution in [3.8, 4) is 0 Å². The van der Waals surface area contributed by atoms with Crippen molar-refractivity contribution in [1.29, 1.82) is 0 Å². The molecule has 1 aliphatic rings. The second-order valence-corrected chi connectivity index (χ2v) is 6.68. The molecular weight excluding hydrogens is 360 g/mol. The van der Waals surface area contributed by atoms with Crippen molar-refractivity contribution in [2.45, 2.75) is 16.6 Å².